The molecule has 0 bridgehead atoms. The molecule has 2 radical (unpaired) electrons. The van der Waals surface area contributed by atoms with Gasteiger partial charge in [-0.1, -0.05) is 12.6 Å². The first-order valence-corrected chi connectivity index (χ1v) is 5.60. The number of hydrogen-bond acceptors (Lipinski definition) is 2. The summed E-state index contributed by atoms with van der Waals surface area (Å²) in [4.78, 5) is 11.7. The lowest BCUT2D eigenvalue weighted by atomic mass is 9.66. The number of hydrogen-bond donors (Lipinski definition) is 1. The molecule has 0 amide bonds. The molecular formula is C10H17B2NO. The monoisotopic (exact) mass is 189 g/mol. The predicted molar refractivity (Wildman–Crippen MR) is 60.3 cm³/mol. The van der Waals surface area contributed by atoms with Crippen molar-refractivity contribution in [1.29, 1.82) is 0 Å². The molecule has 0 spiro atoms. The first kappa shape index (κ1) is 10.3. The van der Waals surface area contributed by atoms with Crippen molar-refractivity contribution in [3.63, 3.8) is 0 Å². The Balaban J connectivity index is 1.97. The highest BCUT2D eigenvalue weighted by Crippen LogP contribution is 2.62. The van der Waals surface area contributed by atoms with Gasteiger partial charge >= 0.3 is 0 Å². The Hall–Kier alpha value is -0.240. The van der Waals surface area contributed by atoms with E-state index in [1.807, 2.05) is 7.05 Å². The SMILES string of the molecule is [B]C1CC(CCNC)C2B(C)C2C1=O. The summed E-state index contributed by atoms with van der Waals surface area (Å²) >= 11 is 0. The smallest absolute Gasteiger partial charge is 0.151 e. The Morgan fingerprint density at radius 2 is 2.36 bits per heavy atom. The molecule has 1 aliphatic heterocycles. The normalized spacial score (nSPS) is 41.0. The first-order valence-electron chi connectivity index (χ1n) is 5.60. The number of ketones is 1. The van der Waals surface area contributed by atoms with Crippen LogP contribution in [0.1, 0.15) is 12.8 Å². The molecule has 14 heavy (non-hydrogen) atoms. The van der Waals surface area contributed by atoms with Gasteiger partial charge in [0.15, 0.2) is 6.71 Å². The Bertz CT molecular complexity index is 246. The van der Waals surface area contributed by atoms with E-state index in [9.17, 15) is 4.79 Å². The van der Waals surface area contributed by atoms with Crippen LogP contribution in [0.15, 0.2) is 0 Å². The number of Topliss-reactive ketones (excluding diaryl/α,β-unsaturated/α-hetero) is 1. The average molecular weight is 189 g/mol. The molecule has 1 aliphatic carbocycles. The van der Waals surface area contributed by atoms with Crippen molar-refractivity contribution in [2.75, 3.05) is 13.6 Å². The van der Waals surface area contributed by atoms with E-state index in [1.165, 1.54) is 6.42 Å². The van der Waals surface area contributed by atoms with E-state index in [4.69, 9.17) is 7.85 Å². The van der Waals surface area contributed by atoms with Gasteiger partial charge in [-0.2, -0.15) is 0 Å². The zero-order chi connectivity index (χ0) is 10.3. The number of rotatable bonds is 3. The van der Waals surface area contributed by atoms with Crippen LogP contribution in [-0.4, -0.2) is 33.9 Å². The van der Waals surface area contributed by atoms with Gasteiger partial charge in [0.25, 0.3) is 0 Å². The van der Waals surface area contributed by atoms with Gasteiger partial charge in [0.05, 0.1) is 7.85 Å². The van der Waals surface area contributed by atoms with Crippen molar-refractivity contribution in [2.24, 2.45) is 5.92 Å². The van der Waals surface area contributed by atoms with Gasteiger partial charge in [-0.3, -0.25) is 0 Å². The van der Waals surface area contributed by atoms with Crippen molar-refractivity contribution in [2.45, 2.75) is 37.1 Å². The summed E-state index contributed by atoms with van der Waals surface area (Å²) in [5.74, 6) is 1.78. The molecule has 0 aromatic rings. The largest absolute Gasteiger partial charge is 0.320 e. The van der Waals surface area contributed by atoms with Crippen LogP contribution in [0.2, 0.25) is 24.3 Å². The average Bonchev–Trinajstić information content (AvgIpc) is 2.82. The Morgan fingerprint density at radius 3 is 3.00 bits per heavy atom. The highest BCUT2D eigenvalue weighted by molar-refractivity contribution is 6.78. The molecule has 1 heterocycles. The third-order valence-electron chi connectivity index (χ3n) is 4.01. The van der Waals surface area contributed by atoms with Crippen LogP contribution in [0.3, 0.4) is 0 Å². The van der Waals surface area contributed by atoms with Crippen LogP contribution in [0, 0.1) is 5.92 Å². The number of fused-ring (bicyclic) bond motifs is 1. The molecule has 4 heteroatoms. The minimum atomic E-state index is -0.178. The molecule has 1 N–H and O–H groups in total. The summed E-state index contributed by atoms with van der Waals surface area (Å²) < 4.78 is 0. The van der Waals surface area contributed by atoms with Crippen LogP contribution in [-0.2, 0) is 4.79 Å². The number of carbonyl (C=O) groups excluding carboxylic acids is 1. The highest BCUT2D eigenvalue weighted by atomic mass is 16.1. The standard InChI is InChI=1S/C10H17B2NO/c1-12-8-6(3-4-13-2)5-7(11)10(14)9(8)12/h6-9,13H,3-5H2,1-2H3. The van der Waals surface area contributed by atoms with Crippen molar-refractivity contribution >= 4 is 20.3 Å². The van der Waals surface area contributed by atoms with Gasteiger partial charge in [0.2, 0.25) is 0 Å². The molecule has 0 aromatic heterocycles. The predicted octanol–water partition coefficient (Wildman–Crippen LogP) is 1.02. The second-order valence-electron chi connectivity index (χ2n) is 4.86. The van der Waals surface area contributed by atoms with E-state index in [2.05, 4.69) is 12.1 Å². The minimum Gasteiger partial charge on any atom is -0.320 e. The maximum atomic E-state index is 11.7. The van der Waals surface area contributed by atoms with Crippen molar-refractivity contribution < 1.29 is 4.79 Å². The molecule has 2 rings (SSSR count). The van der Waals surface area contributed by atoms with Gasteiger partial charge in [-0.15, -0.1) is 0 Å². The summed E-state index contributed by atoms with van der Waals surface area (Å²) in [6.45, 7) is 3.83. The summed E-state index contributed by atoms with van der Waals surface area (Å²) in [7, 11) is 7.82. The van der Waals surface area contributed by atoms with Gasteiger partial charge in [-0.25, -0.2) is 0 Å². The molecule has 2 fully saturated rings. The molecular weight excluding hydrogens is 172 g/mol. The molecule has 4 atom stereocenters. The van der Waals surface area contributed by atoms with Crippen LogP contribution < -0.4 is 5.32 Å². The van der Waals surface area contributed by atoms with E-state index in [0.29, 0.717) is 30.0 Å². The summed E-state index contributed by atoms with van der Waals surface area (Å²) in [6, 6.07) is 0. The molecule has 2 aliphatic rings. The Morgan fingerprint density at radius 1 is 1.64 bits per heavy atom. The van der Waals surface area contributed by atoms with E-state index in [-0.39, 0.29) is 5.82 Å². The molecule has 4 unspecified atom stereocenters. The van der Waals surface area contributed by atoms with Gasteiger partial charge < -0.3 is 10.1 Å². The summed E-state index contributed by atoms with van der Waals surface area (Å²) in [5.41, 5.74) is 0. The van der Waals surface area contributed by atoms with Gasteiger partial charge in [0, 0.05) is 0 Å². The lowest BCUT2D eigenvalue weighted by Crippen LogP contribution is -2.22. The number of carbonyl (C=O) groups is 1. The lowest BCUT2D eigenvalue weighted by molar-refractivity contribution is -0.119. The van der Waals surface area contributed by atoms with Crippen LogP contribution in [0.25, 0.3) is 0 Å². The van der Waals surface area contributed by atoms with Gasteiger partial charge in [0.1, 0.15) is 5.78 Å². The molecule has 2 nitrogen and oxygen atoms in total. The fourth-order valence-electron chi connectivity index (χ4n) is 3.15. The summed E-state index contributed by atoms with van der Waals surface area (Å²) in [5, 5.41) is 3.17. The second-order valence-corrected chi connectivity index (χ2v) is 4.86. The van der Waals surface area contributed by atoms with Crippen molar-refractivity contribution in [3.8, 4) is 0 Å². The van der Waals surface area contributed by atoms with Gasteiger partial charge in [-0.05, 0) is 44.0 Å². The lowest BCUT2D eigenvalue weighted by Gasteiger charge is -2.26. The maximum absolute atomic E-state index is 11.7. The van der Waals surface area contributed by atoms with E-state index >= 15 is 0 Å². The quantitative estimate of drug-likeness (QED) is 0.671. The van der Waals surface area contributed by atoms with E-state index in [1.54, 1.807) is 0 Å². The topological polar surface area (TPSA) is 29.1 Å². The third-order valence-corrected chi connectivity index (χ3v) is 4.01. The zero-order valence-electron chi connectivity index (χ0n) is 8.99. The van der Waals surface area contributed by atoms with E-state index < -0.39 is 0 Å². The maximum Gasteiger partial charge on any atom is 0.151 e. The second kappa shape index (κ2) is 3.73. The minimum absolute atomic E-state index is 0.178. The van der Waals surface area contributed by atoms with E-state index in [0.717, 1.165) is 13.0 Å². The number of nitrogens with one attached hydrogen (secondary N) is 1. The highest BCUT2D eigenvalue weighted by Gasteiger charge is 2.60. The molecule has 1 saturated heterocycles. The third kappa shape index (κ3) is 1.54. The first-order chi connectivity index (χ1) is 6.66. The molecule has 0 aromatic carbocycles. The Labute approximate surface area is 87.7 Å². The fourth-order valence-corrected chi connectivity index (χ4v) is 3.15. The fraction of sp³-hybridized carbons (Fsp3) is 0.900. The van der Waals surface area contributed by atoms with Crippen molar-refractivity contribution in [1.82, 2.24) is 5.32 Å². The van der Waals surface area contributed by atoms with Crippen LogP contribution in [0.4, 0.5) is 0 Å². The molecule has 1 saturated carbocycles. The molecule has 74 valence electrons. The summed E-state index contributed by atoms with van der Waals surface area (Å²) in [6.07, 6.45) is 2.08. The Kier molecular flexibility index (Phi) is 2.74. The van der Waals surface area contributed by atoms with Crippen LogP contribution >= 0.6 is 0 Å². The van der Waals surface area contributed by atoms with Crippen LogP contribution in [0.5, 0.6) is 0 Å². The van der Waals surface area contributed by atoms with Crippen molar-refractivity contribution in [3.05, 3.63) is 0 Å². The zero-order valence-corrected chi connectivity index (χ0v) is 8.99.